The van der Waals surface area contributed by atoms with Crippen LogP contribution in [0.25, 0.3) is 0 Å². The number of hydrogen-bond acceptors (Lipinski definition) is 3. The third-order valence-corrected chi connectivity index (χ3v) is 2.26. The number of rotatable bonds is 6. The molecule has 0 saturated carbocycles. The highest BCUT2D eigenvalue weighted by molar-refractivity contribution is 6.31. The lowest BCUT2D eigenvalue weighted by Crippen LogP contribution is -2.22. The van der Waals surface area contributed by atoms with Crippen LogP contribution < -0.4 is 10.1 Å². The number of pyridine rings is 1. The van der Waals surface area contributed by atoms with Gasteiger partial charge in [-0.1, -0.05) is 38.1 Å². The Labute approximate surface area is 101 Å². The summed E-state index contributed by atoms with van der Waals surface area (Å²) in [6.45, 7) is 8.83. The molecule has 1 rings (SSSR count). The van der Waals surface area contributed by atoms with Crippen molar-refractivity contribution in [2.45, 2.75) is 26.4 Å². The molecule has 0 atom stereocenters. The summed E-state index contributed by atoms with van der Waals surface area (Å²) >= 11 is 6.04. The van der Waals surface area contributed by atoms with E-state index in [1.807, 2.05) is 0 Å². The maximum Gasteiger partial charge on any atom is 0.213 e. The number of hydrogen-bond donors (Lipinski definition) is 1. The van der Waals surface area contributed by atoms with Crippen LogP contribution in [0.4, 0.5) is 0 Å². The second kappa shape index (κ2) is 6.51. The zero-order chi connectivity index (χ0) is 12.0. The molecule has 16 heavy (non-hydrogen) atoms. The monoisotopic (exact) mass is 240 g/mol. The zero-order valence-electron chi connectivity index (χ0n) is 9.66. The van der Waals surface area contributed by atoms with Gasteiger partial charge in [0.2, 0.25) is 5.88 Å². The molecule has 0 amide bonds. The van der Waals surface area contributed by atoms with Crippen LogP contribution in [0.3, 0.4) is 0 Å². The van der Waals surface area contributed by atoms with Crippen molar-refractivity contribution in [2.24, 2.45) is 0 Å². The molecule has 0 bridgehead atoms. The van der Waals surface area contributed by atoms with Gasteiger partial charge in [-0.3, -0.25) is 0 Å². The molecule has 0 aliphatic heterocycles. The van der Waals surface area contributed by atoms with Crippen molar-refractivity contribution in [1.82, 2.24) is 10.3 Å². The summed E-state index contributed by atoms with van der Waals surface area (Å²) in [5, 5.41) is 3.92. The predicted molar refractivity (Wildman–Crippen MR) is 66.9 cm³/mol. The van der Waals surface area contributed by atoms with E-state index >= 15 is 0 Å². The van der Waals surface area contributed by atoms with Crippen LogP contribution >= 0.6 is 11.6 Å². The second-order valence-electron chi connectivity index (χ2n) is 3.71. The molecule has 1 heterocycles. The van der Waals surface area contributed by atoms with Crippen LogP contribution in [0.5, 0.6) is 5.88 Å². The highest BCUT2D eigenvalue weighted by Gasteiger charge is 2.05. The molecule has 0 saturated heterocycles. The molecule has 88 valence electrons. The fourth-order valence-electron chi connectivity index (χ4n) is 1.11. The van der Waals surface area contributed by atoms with Gasteiger partial charge in [-0.2, -0.15) is 0 Å². The molecule has 0 unspecified atom stereocenters. The Kier molecular flexibility index (Phi) is 5.29. The fraction of sp³-hybridized carbons (Fsp3) is 0.417. The summed E-state index contributed by atoms with van der Waals surface area (Å²) in [4.78, 5) is 4.32. The Morgan fingerprint density at radius 2 is 2.31 bits per heavy atom. The van der Waals surface area contributed by atoms with Crippen molar-refractivity contribution in [3.8, 4) is 5.88 Å². The number of ether oxygens (including phenoxy) is 1. The normalized spacial score (nSPS) is 10.5. The zero-order valence-corrected chi connectivity index (χ0v) is 10.4. The van der Waals surface area contributed by atoms with Crippen molar-refractivity contribution >= 4 is 11.6 Å². The van der Waals surface area contributed by atoms with Crippen LogP contribution in [0, 0.1) is 0 Å². The Morgan fingerprint density at radius 1 is 1.56 bits per heavy atom. The summed E-state index contributed by atoms with van der Waals surface area (Å²) in [5.41, 5.74) is 0.803. The molecule has 1 N–H and O–H groups in total. The molecular formula is C12H17ClN2O. The molecule has 4 heteroatoms. The summed E-state index contributed by atoms with van der Waals surface area (Å²) in [5.74, 6) is 0.574. The van der Waals surface area contributed by atoms with E-state index in [0.29, 0.717) is 30.1 Å². The van der Waals surface area contributed by atoms with Crippen LogP contribution in [-0.4, -0.2) is 17.6 Å². The molecule has 0 aliphatic carbocycles. The van der Waals surface area contributed by atoms with Gasteiger partial charge < -0.3 is 10.1 Å². The van der Waals surface area contributed by atoms with E-state index in [1.165, 1.54) is 0 Å². The largest absolute Gasteiger partial charge is 0.473 e. The smallest absolute Gasteiger partial charge is 0.213 e. The number of aromatic nitrogens is 1. The third kappa shape index (κ3) is 4.21. The quantitative estimate of drug-likeness (QED) is 0.777. The van der Waals surface area contributed by atoms with Crippen LogP contribution in [0.1, 0.15) is 19.5 Å². The lowest BCUT2D eigenvalue weighted by molar-refractivity contribution is 0.347. The molecule has 0 aliphatic rings. The standard InChI is InChI=1S/C12H17ClN2O/c1-4-7-16-12-6-5-10(13)11(15-12)8-14-9(2)3/h4-6,9,14H,1,7-8H2,2-3H3. The van der Waals surface area contributed by atoms with E-state index in [1.54, 1.807) is 18.2 Å². The molecule has 0 spiro atoms. The molecule has 1 aromatic heterocycles. The minimum Gasteiger partial charge on any atom is -0.473 e. The molecular weight excluding hydrogens is 224 g/mol. The van der Waals surface area contributed by atoms with Crippen molar-refractivity contribution in [3.05, 3.63) is 35.5 Å². The van der Waals surface area contributed by atoms with Gasteiger partial charge in [0, 0.05) is 18.7 Å². The van der Waals surface area contributed by atoms with Gasteiger partial charge >= 0.3 is 0 Å². The number of halogens is 1. The van der Waals surface area contributed by atoms with Gasteiger partial charge in [0.05, 0.1) is 10.7 Å². The molecule has 3 nitrogen and oxygen atoms in total. The summed E-state index contributed by atoms with van der Waals surface area (Å²) in [7, 11) is 0. The SMILES string of the molecule is C=CCOc1ccc(Cl)c(CNC(C)C)n1. The third-order valence-electron chi connectivity index (χ3n) is 1.92. The first-order valence-electron chi connectivity index (χ1n) is 5.26. The molecule has 0 aromatic carbocycles. The van der Waals surface area contributed by atoms with E-state index in [2.05, 4.69) is 30.7 Å². The highest BCUT2D eigenvalue weighted by Crippen LogP contribution is 2.18. The van der Waals surface area contributed by atoms with E-state index in [9.17, 15) is 0 Å². The Bertz CT molecular complexity index is 353. The van der Waals surface area contributed by atoms with E-state index in [-0.39, 0.29) is 0 Å². The fourth-order valence-corrected chi connectivity index (χ4v) is 1.29. The Balaban J connectivity index is 2.69. The molecule has 1 aromatic rings. The van der Waals surface area contributed by atoms with Crippen molar-refractivity contribution in [2.75, 3.05) is 6.61 Å². The minimum atomic E-state index is 0.399. The van der Waals surface area contributed by atoms with Gasteiger partial charge in [0.25, 0.3) is 0 Å². The average Bonchev–Trinajstić information content (AvgIpc) is 2.26. The van der Waals surface area contributed by atoms with E-state index in [0.717, 1.165) is 5.69 Å². The van der Waals surface area contributed by atoms with Gasteiger partial charge in [-0.25, -0.2) is 4.98 Å². The van der Waals surface area contributed by atoms with Crippen LogP contribution in [-0.2, 0) is 6.54 Å². The predicted octanol–water partition coefficient (Wildman–Crippen LogP) is 2.80. The number of nitrogens with one attached hydrogen (secondary N) is 1. The topological polar surface area (TPSA) is 34.1 Å². The van der Waals surface area contributed by atoms with Crippen LogP contribution in [0.2, 0.25) is 5.02 Å². The highest BCUT2D eigenvalue weighted by atomic mass is 35.5. The molecule has 0 radical (unpaired) electrons. The Morgan fingerprint density at radius 3 is 2.94 bits per heavy atom. The van der Waals surface area contributed by atoms with E-state index in [4.69, 9.17) is 16.3 Å². The summed E-state index contributed by atoms with van der Waals surface area (Å²) in [6, 6.07) is 3.95. The lowest BCUT2D eigenvalue weighted by atomic mass is 10.3. The first-order chi connectivity index (χ1) is 7.63. The maximum atomic E-state index is 6.04. The number of nitrogens with zero attached hydrogens (tertiary/aromatic N) is 1. The van der Waals surface area contributed by atoms with Crippen molar-refractivity contribution in [1.29, 1.82) is 0 Å². The van der Waals surface area contributed by atoms with Gasteiger partial charge in [-0.15, -0.1) is 0 Å². The average molecular weight is 241 g/mol. The summed E-state index contributed by atoms with van der Waals surface area (Å²) in [6.07, 6.45) is 1.68. The lowest BCUT2D eigenvalue weighted by Gasteiger charge is -2.10. The molecule has 0 fully saturated rings. The van der Waals surface area contributed by atoms with Crippen molar-refractivity contribution < 1.29 is 4.74 Å². The van der Waals surface area contributed by atoms with Gasteiger partial charge in [-0.05, 0) is 6.07 Å². The van der Waals surface area contributed by atoms with Crippen molar-refractivity contribution in [3.63, 3.8) is 0 Å². The first kappa shape index (κ1) is 13.0. The minimum absolute atomic E-state index is 0.399. The van der Waals surface area contributed by atoms with Gasteiger partial charge in [0.1, 0.15) is 6.61 Å². The maximum absolute atomic E-state index is 6.04. The summed E-state index contributed by atoms with van der Waals surface area (Å²) < 4.78 is 5.34. The second-order valence-corrected chi connectivity index (χ2v) is 4.12. The van der Waals surface area contributed by atoms with Gasteiger partial charge in [0.15, 0.2) is 0 Å². The van der Waals surface area contributed by atoms with Crippen LogP contribution in [0.15, 0.2) is 24.8 Å². The first-order valence-corrected chi connectivity index (χ1v) is 5.63. The Hall–Kier alpha value is -1.06. The van der Waals surface area contributed by atoms with E-state index < -0.39 is 0 Å².